The van der Waals surface area contributed by atoms with Gasteiger partial charge in [-0.15, -0.1) is 0 Å². The van der Waals surface area contributed by atoms with E-state index >= 15 is 0 Å². The molecule has 132 valence electrons. The summed E-state index contributed by atoms with van der Waals surface area (Å²) in [6, 6.07) is 10.5. The van der Waals surface area contributed by atoms with Crippen molar-refractivity contribution < 1.29 is 0 Å². The zero-order valence-corrected chi connectivity index (χ0v) is 16.3. The lowest BCUT2D eigenvalue weighted by Crippen LogP contribution is -2.21. The molecule has 0 fully saturated rings. The standard InChI is InChI=1S/C19H25N4OP/c1-6-13(2)21-18-10-7-14(12-20-18)23-17-11-15(25(4)5)8-9-16(17)22(3)19(23)24/h7-13H,6H2,1-5H3,(H,20,21). The van der Waals surface area contributed by atoms with Gasteiger partial charge in [-0.3, -0.25) is 9.13 Å². The molecule has 1 N–H and O–H groups in total. The molecule has 0 aliphatic carbocycles. The van der Waals surface area contributed by atoms with Crippen molar-refractivity contribution in [3.8, 4) is 5.69 Å². The van der Waals surface area contributed by atoms with Crippen molar-refractivity contribution in [2.45, 2.75) is 26.3 Å². The molecule has 1 unspecified atom stereocenters. The molecule has 2 heterocycles. The van der Waals surface area contributed by atoms with Crippen molar-refractivity contribution in [2.75, 3.05) is 18.6 Å². The van der Waals surface area contributed by atoms with Crippen LogP contribution in [0, 0.1) is 0 Å². The minimum Gasteiger partial charge on any atom is -0.368 e. The second-order valence-electron chi connectivity index (χ2n) is 6.60. The number of benzene rings is 1. The summed E-state index contributed by atoms with van der Waals surface area (Å²) in [6.45, 7) is 8.70. The molecule has 0 amide bonds. The maximum absolute atomic E-state index is 12.8. The highest BCUT2D eigenvalue weighted by atomic mass is 31.1. The van der Waals surface area contributed by atoms with Gasteiger partial charge >= 0.3 is 5.69 Å². The van der Waals surface area contributed by atoms with Crippen molar-refractivity contribution in [3.63, 3.8) is 0 Å². The van der Waals surface area contributed by atoms with E-state index in [1.165, 1.54) is 5.30 Å². The second-order valence-corrected chi connectivity index (χ2v) is 8.90. The largest absolute Gasteiger partial charge is 0.368 e. The molecular formula is C19H25N4OP. The molecule has 0 saturated heterocycles. The van der Waals surface area contributed by atoms with Gasteiger partial charge in [-0.2, -0.15) is 0 Å². The van der Waals surface area contributed by atoms with Crippen LogP contribution in [0.3, 0.4) is 0 Å². The summed E-state index contributed by atoms with van der Waals surface area (Å²) in [6.07, 6.45) is 2.80. The predicted octanol–water partition coefficient (Wildman–Crippen LogP) is 3.30. The van der Waals surface area contributed by atoms with E-state index < -0.39 is 0 Å². The summed E-state index contributed by atoms with van der Waals surface area (Å²) in [4.78, 5) is 17.2. The molecule has 0 saturated carbocycles. The molecule has 0 spiro atoms. The average Bonchev–Trinajstić information content (AvgIpc) is 2.86. The van der Waals surface area contributed by atoms with Crippen LogP contribution in [0.1, 0.15) is 20.3 Å². The molecule has 25 heavy (non-hydrogen) atoms. The lowest BCUT2D eigenvalue weighted by molar-refractivity contribution is 0.759. The van der Waals surface area contributed by atoms with Crippen molar-refractivity contribution in [3.05, 3.63) is 47.0 Å². The Morgan fingerprint density at radius 3 is 2.56 bits per heavy atom. The zero-order valence-electron chi connectivity index (χ0n) is 15.4. The van der Waals surface area contributed by atoms with Crippen molar-refractivity contribution in [1.29, 1.82) is 0 Å². The Labute approximate surface area is 149 Å². The maximum atomic E-state index is 12.8. The number of anilines is 1. The van der Waals surface area contributed by atoms with Gasteiger partial charge < -0.3 is 5.32 Å². The zero-order chi connectivity index (χ0) is 18.1. The van der Waals surface area contributed by atoms with E-state index in [4.69, 9.17) is 0 Å². The van der Waals surface area contributed by atoms with E-state index in [0.717, 1.165) is 29.0 Å². The van der Waals surface area contributed by atoms with E-state index in [1.54, 1.807) is 15.3 Å². The number of aryl methyl sites for hydroxylation is 1. The molecule has 1 aromatic carbocycles. The monoisotopic (exact) mass is 356 g/mol. The minimum atomic E-state index is -0.218. The number of nitrogens with zero attached hydrogens (tertiary/aromatic N) is 3. The number of nitrogens with one attached hydrogen (secondary N) is 1. The number of hydrogen-bond donors (Lipinski definition) is 1. The first-order chi connectivity index (χ1) is 11.9. The van der Waals surface area contributed by atoms with Crippen LogP contribution in [0.15, 0.2) is 41.3 Å². The van der Waals surface area contributed by atoms with Gasteiger partial charge in [0, 0.05) is 13.1 Å². The van der Waals surface area contributed by atoms with Crippen LogP contribution >= 0.6 is 7.92 Å². The van der Waals surface area contributed by atoms with Crippen LogP contribution in [-0.4, -0.2) is 33.5 Å². The molecule has 0 radical (unpaired) electrons. The quantitative estimate of drug-likeness (QED) is 0.714. The highest BCUT2D eigenvalue weighted by Crippen LogP contribution is 2.26. The number of aromatic nitrogens is 3. The first kappa shape index (κ1) is 17.7. The van der Waals surface area contributed by atoms with Gasteiger partial charge in [0.05, 0.1) is 22.9 Å². The molecule has 1 atom stereocenters. The van der Waals surface area contributed by atoms with Crippen LogP contribution in [-0.2, 0) is 7.05 Å². The average molecular weight is 356 g/mol. The van der Waals surface area contributed by atoms with Gasteiger partial charge in [0.1, 0.15) is 5.82 Å². The van der Waals surface area contributed by atoms with Gasteiger partial charge in [-0.25, -0.2) is 9.78 Å². The lowest BCUT2D eigenvalue weighted by atomic mass is 10.2. The van der Waals surface area contributed by atoms with E-state index in [9.17, 15) is 4.79 Å². The Hall–Kier alpha value is -2.13. The van der Waals surface area contributed by atoms with Crippen molar-refractivity contribution in [1.82, 2.24) is 14.1 Å². The molecular weight excluding hydrogens is 331 g/mol. The summed E-state index contributed by atoms with van der Waals surface area (Å²) in [5.41, 5.74) is 2.62. The fourth-order valence-corrected chi connectivity index (χ4v) is 3.57. The SMILES string of the molecule is CCC(C)Nc1ccc(-n2c(=O)n(C)c3ccc(P(C)C)cc32)cn1. The van der Waals surface area contributed by atoms with Crippen LogP contribution in [0.4, 0.5) is 5.82 Å². The Bertz CT molecular complexity index is 940. The summed E-state index contributed by atoms with van der Waals surface area (Å²) in [5, 5.41) is 4.63. The Kier molecular flexibility index (Phi) is 4.96. The van der Waals surface area contributed by atoms with Gasteiger partial charge in [0.2, 0.25) is 0 Å². The summed E-state index contributed by atoms with van der Waals surface area (Å²) < 4.78 is 3.44. The maximum Gasteiger partial charge on any atom is 0.333 e. The molecule has 0 aliphatic heterocycles. The number of pyridine rings is 1. The van der Waals surface area contributed by atoms with E-state index in [2.05, 4.69) is 49.6 Å². The topological polar surface area (TPSA) is 51.9 Å². The molecule has 3 rings (SSSR count). The third-order valence-corrected chi connectivity index (χ3v) is 5.88. The molecule has 6 heteroatoms. The normalized spacial score (nSPS) is 12.7. The third-order valence-electron chi connectivity index (χ3n) is 4.57. The van der Waals surface area contributed by atoms with Gasteiger partial charge in [0.15, 0.2) is 0 Å². The van der Waals surface area contributed by atoms with Crippen LogP contribution in [0.5, 0.6) is 0 Å². The summed E-state index contributed by atoms with van der Waals surface area (Å²) in [5.74, 6) is 0.831. The lowest BCUT2D eigenvalue weighted by Gasteiger charge is -2.12. The van der Waals surface area contributed by atoms with E-state index in [-0.39, 0.29) is 13.6 Å². The molecule has 5 nitrogen and oxygen atoms in total. The molecule has 2 aromatic heterocycles. The first-order valence-corrected chi connectivity index (χ1v) is 10.8. The van der Waals surface area contributed by atoms with Crippen molar-refractivity contribution in [2.24, 2.45) is 7.05 Å². The summed E-state index contributed by atoms with van der Waals surface area (Å²) >= 11 is 0. The minimum absolute atomic E-state index is 0.0480. The van der Waals surface area contributed by atoms with Gasteiger partial charge in [-0.05, 0) is 56.2 Å². The van der Waals surface area contributed by atoms with Crippen LogP contribution in [0.2, 0.25) is 0 Å². The summed E-state index contributed by atoms with van der Waals surface area (Å²) in [7, 11) is 1.60. The smallest absolute Gasteiger partial charge is 0.333 e. The van der Waals surface area contributed by atoms with E-state index in [0.29, 0.717) is 6.04 Å². The Morgan fingerprint density at radius 1 is 1.20 bits per heavy atom. The molecule has 0 bridgehead atoms. The van der Waals surface area contributed by atoms with Crippen LogP contribution in [0.25, 0.3) is 16.7 Å². The molecule has 3 aromatic rings. The highest BCUT2D eigenvalue weighted by Gasteiger charge is 2.14. The van der Waals surface area contributed by atoms with E-state index in [1.807, 2.05) is 25.2 Å². The third kappa shape index (κ3) is 3.34. The van der Waals surface area contributed by atoms with Gasteiger partial charge in [0.25, 0.3) is 0 Å². The van der Waals surface area contributed by atoms with Crippen molar-refractivity contribution >= 4 is 30.1 Å². The highest BCUT2D eigenvalue weighted by molar-refractivity contribution is 7.64. The number of fused-ring (bicyclic) bond motifs is 1. The molecule has 0 aliphatic rings. The first-order valence-electron chi connectivity index (χ1n) is 8.54. The van der Waals surface area contributed by atoms with Crippen LogP contribution < -0.4 is 16.3 Å². The predicted molar refractivity (Wildman–Crippen MR) is 108 cm³/mol. The number of rotatable bonds is 5. The van der Waals surface area contributed by atoms with Gasteiger partial charge in [-0.1, -0.05) is 20.9 Å². The second kappa shape index (κ2) is 7.01. The number of imidazole rings is 1. The fourth-order valence-electron chi connectivity index (χ4n) is 2.82. The fraction of sp³-hybridized carbons (Fsp3) is 0.368. The Morgan fingerprint density at radius 2 is 1.96 bits per heavy atom. The Balaban J connectivity index is 2.10. The number of hydrogen-bond acceptors (Lipinski definition) is 3.